The van der Waals surface area contributed by atoms with Crippen LogP contribution in [-0.2, 0) is 11.2 Å². The number of nitrogens with zero attached hydrogens (tertiary/aromatic N) is 3. The molecule has 26 heavy (non-hydrogen) atoms. The van der Waals surface area contributed by atoms with Crippen molar-refractivity contribution in [2.45, 2.75) is 12.8 Å². The molecule has 0 spiro atoms. The van der Waals surface area contributed by atoms with Gasteiger partial charge in [0, 0.05) is 18.3 Å². The van der Waals surface area contributed by atoms with Crippen molar-refractivity contribution in [3.05, 3.63) is 82.4 Å². The van der Waals surface area contributed by atoms with Gasteiger partial charge in [-0.1, -0.05) is 18.2 Å². The molecule has 2 aromatic carbocycles. The fourth-order valence-electron chi connectivity index (χ4n) is 2.35. The smallest absolute Gasteiger partial charge is 0.311 e. The van der Waals surface area contributed by atoms with E-state index in [2.05, 4.69) is 5.10 Å². The van der Waals surface area contributed by atoms with Gasteiger partial charge in [-0.15, -0.1) is 0 Å². The van der Waals surface area contributed by atoms with Crippen LogP contribution in [0.1, 0.15) is 12.0 Å². The van der Waals surface area contributed by atoms with Gasteiger partial charge in [0.25, 0.3) is 0 Å². The lowest BCUT2D eigenvalue weighted by Crippen LogP contribution is -2.10. The summed E-state index contributed by atoms with van der Waals surface area (Å²) in [7, 11) is 0. The van der Waals surface area contributed by atoms with Crippen molar-refractivity contribution in [3.8, 4) is 11.4 Å². The lowest BCUT2D eigenvalue weighted by Gasteiger charge is -2.04. The summed E-state index contributed by atoms with van der Waals surface area (Å²) in [6.45, 7) is 0. The fourth-order valence-corrected chi connectivity index (χ4v) is 2.35. The molecule has 0 saturated carbocycles. The molecular weight excluding hydrogens is 341 g/mol. The van der Waals surface area contributed by atoms with Gasteiger partial charge in [-0.3, -0.25) is 14.9 Å². The predicted molar refractivity (Wildman–Crippen MR) is 90.6 cm³/mol. The average Bonchev–Trinajstić information content (AvgIpc) is 3.09. The van der Waals surface area contributed by atoms with Gasteiger partial charge >= 0.3 is 11.7 Å². The summed E-state index contributed by atoms with van der Waals surface area (Å²) < 4.78 is 19.9. The molecule has 0 bridgehead atoms. The first kappa shape index (κ1) is 17.3. The maximum atomic E-state index is 13.3. The molecule has 0 fully saturated rings. The van der Waals surface area contributed by atoms with Crippen LogP contribution in [0, 0.1) is 15.9 Å². The number of rotatable bonds is 6. The van der Waals surface area contributed by atoms with Crippen molar-refractivity contribution < 1.29 is 18.8 Å². The number of esters is 1. The third-order valence-corrected chi connectivity index (χ3v) is 3.62. The summed E-state index contributed by atoms with van der Waals surface area (Å²) in [5.74, 6) is -1.81. The van der Waals surface area contributed by atoms with Crippen molar-refractivity contribution >= 4 is 11.7 Å². The first-order valence-corrected chi connectivity index (χ1v) is 7.76. The topological polar surface area (TPSA) is 87.3 Å². The van der Waals surface area contributed by atoms with Crippen LogP contribution in [0.2, 0.25) is 0 Å². The summed E-state index contributed by atoms with van der Waals surface area (Å²) in [5.41, 5.74) is 1.23. The summed E-state index contributed by atoms with van der Waals surface area (Å²) >= 11 is 0. The number of aryl methyl sites for hydroxylation is 1. The van der Waals surface area contributed by atoms with Crippen molar-refractivity contribution in [2.24, 2.45) is 0 Å². The number of carbonyl (C=O) groups is 1. The molecule has 3 rings (SSSR count). The number of nitro groups is 1. The Balaban J connectivity index is 1.63. The number of halogens is 1. The van der Waals surface area contributed by atoms with Crippen molar-refractivity contribution in [3.63, 3.8) is 0 Å². The van der Waals surface area contributed by atoms with Gasteiger partial charge in [0.2, 0.25) is 5.75 Å². The predicted octanol–water partition coefficient (Wildman–Crippen LogP) is 3.46. The Bertz CT molecular complexity index is 941. The van der Waals surface area contributed by atoms with Crippen LogP contribution >= 0.6 is 0 Å². The van der Waals surface area contributed by atoms with E-state index in [4.69, 9.17) is 4.74 Å². The molecule has 0 amide bonds. The van der Waals surface area contributed by atoms with E-state index in [1.807, 2.05) is 30.3 Å². The number of para-hydroxylation sites is 1. The first-order valence-electron chi connectivity index (χ1n) is 7.76. The quantitative estimate of drug-likeness (QED) is 0.292. The van der Waals surface area contributed by atoms with Crippen LogP contribution in [0.4, 0.5) is 10.1 Å². The van der Waals surface area contributed by atoms with E-state index in [-0.39, 0.29) is 6.42 Å². The third-order valence-electron chi connectivity index (χ3n) is 3.62. The Kier molecular flexibility index (Phi) is 5.02. The molecule has 1 heterocycles. The number of hydrogen-bond donors (Lipinski definition) is 0. The second-order valence-electron chi connectivity index (χ2n) is 5.47. The number of carbonyl (C=O) groups excluding carboxylic acids is 1. The zero-order valence-electron chi connectivity index (χ0n) is 13.5. The Morgan fingerprint density at radius 1 is 1.23 bits per heavy atom. The Morgan fingerprint density at radius 2 is 2.00 bits per heavy atom. The van der Waals surface area contributed by atoms with Crippen molar-refractivity contribution in [2.75, 3.05) is 0 Å². The van der Waals surface area contributed by atoms with Crippen LogP contribution in [0.25, 0.3) is 5.69 Å². The highest BCUT2D eigenvalue weighted by Gasteiger charge is 2.19. The van der Waals surface area contributed by atoms with Crippen LogP contribution < -0.4 is 4.74 Å². The maximum Gasteiger partial charge on any atom is 0.311 e. The van der Waals surface area contributed by atoms with E-state index < -0.39 is 28.1 Å². The molecule has 0 radical (unpaired) electrons. The van der Waals surface area contributed by atoms with Gasteiger partial charge in [0.15, 0.2) is 0 Å². The summed E-state index contributed by atoms with van der Waals surface area (Å²) in [5, 5.41) is 15.1. The highest BCUT2D eigenvalue weighted by molar-refractivity contribution is 5.74. The SMILES string of the molecule is O=C(CCc1cnn(-c2ccccc2)c1)Oc1cc(F)ccc1[N+](=O)[O-]. The fraction of sp³-hybridized carbons (Fsp3) is 0.111. The van der Waals surface area contributed by atoms with Crippen molar-refractivity contribution in [1.82, 2.24) is 9.78 Å². The summed E-state index contributed by atoms with van der Waals surface area (Å²) in [6.07, 6.45) is 3.74. The van der Waals surface area contributed by atoms with Gasteiger partial charge < -0.3 is 4.74 Å². The maximum absolute atomic E-state index is 13.3. The highest BCUT2D eigenvalue weighted by atomic mass is 19.1. The highest BCUT2D eigenvalue weighted by Crippen LogP contribution is 2.27. The molecule has 3 aromatic rings. The second kappa shape index (κ2) is 7.56. The molecule has 8 heteroatoms. The molecule has 0 atom stereocenters. The van der Waals surface area contributed by atoms with Crippen molar-refractivity contribution in [1.29, 1.82) is 0 Å². The van der Waals surface area contributed by atoms with Crippen LogP contribution in [0.15, 0.2) is 60.9 Å². The Labute approximate surface area is 147 Å². The van der Waals surface area contributed by atoms with Gasteiger partial charge in [0.05, 0.1) is 23.2 Å². The number of benzene rings is 2. The van der Waals surface area contributed by atoms with E-state index in [1.165, 1.54) is 0 Å². The lowest BCUT2D eigenvalue weighted by atomic mass is 10.2. The normalized spacial score (nSPS) is 10.5. The van der Waals surface area contributed by atoms with E-state index in [0.717, 1.165) is 29.4 Å². The average molecular weight is 355 g/mol. The van der Waals surface area contributed by atoms with E-state index in [1.54, 1.807) is 17.1 Å². The molecule has 0 aliphatic carbocycles. The van der Waals surface area contributed by atoms with Crippen LogP contribution in [-0.4, -0.2) is 20.7 Å². The minimum absolute atomic E-state index is 0.0197. The number of aromatic nitrogens is 2. The molecule has 0 saturated heterocycles. The largest absolute Gasteiger partial charge is 0.419 e. The standard InChI is InChI=1S/C18H14FN3O4/c19-14-7-8-16(22(24)25)17(10-14)26-18(23)9-6-13-11-20-21(12-13)15-4-2-1-3-5-15/h1-5,7-8,10-12H,6,9H2. The molecule has 132 valence electrons. The minimum Gasteiger partial charge on any atom is -0.419 e. The van der Waals surface area contributed by atoms with Crippen LogP contribution in [0.5, 0.6) is 5.75 Å². The summed E-state index contributed by atoms with van der Waals surface area (Å²) in [6, 6.07) is 12.2. The summed E-state index contributed by atoms with van der Waals surface area (Å²) in [4.78, 5) is 22.1. The minimum atomic E-state index is -0.730. The number of ether oxygens (including phenoxy) is 1. The monoisotopic (exact) mass is 355 g/mol. The van der Waals surface area contributed by atoms with Gasteiger partial charge in [-0.25, -0.2) is 9.07 Å². The zero-order valence-corrected chi connectivity index (χ0v) is 13.5. The van der Waals surface area contributed by atoms with Crippen LogP contribution in [0.3, 0.4) is 0 Å². The van der Waals surface area contributed by atoms with E-state index >= 15 is 0 Å². The van der Waals surface area contributed by atoms with Gasteiger partial charge in [0.1, 0.15) is 5.82 Å². The van der Waals surface area contributed by atoms with E-state index in [0.29, 0.717) is 6.42 Å². The lowest BCUT2D eigenvalue weighted by molar-refractivity contribution is -0.385. The molecule has 0 aliphatic heterocycles. The zero-order chi connectivity index (χ0) is 18.5. The molecule has 0 N–H and O–H groups in total. The third kappa shape index (κ3) is 4.10. The Hall–Kier alpha value is -3.55. The first-order chi connectivity index (χ1) is 12.5. The molecule has 0 aliphatic rings. The number of nitro benzene ring substituents is 1. The molecule has 7 nitrogen and oxygen atoms in total. The second-order valence-corrected chi connectivity index (χ2v) is 5.47. The molecule has 1 aromatic heterocycles. The van der Waals surface area contributed by atoms with Gasteiger partial charge in [-0.2, -0.15) is 5.10 Å². The molecular formula is C18H14FN3O4. The Morgan fingerprint density at radius 3 is 2.73 bits per heavy atom. The molecule has 0 unspecified atom stereocenters. The number of hydrogen-bond acceptors (Lipinski definition) is 5. The van der Waals surface area contributed by atoms with E-state index in [9.17, 15) is 19.3 Å². The van der Waals surface area contributed by atoms with Gasteiger partial charge in [-0.05, 0) is 30.2 Å².